The Labute approximate surface area is 119 Å². The lowest BCUT2D eigenvalue weighted by Crippen LogP contribution is -2.25. The van der Waals surface area contributed by atoms with Gasteiger partial charge in [0, 0.05) is 30.2 Å². The molecule has 0 aromatic heterocycles. The molecule has 0 heterocycles. The number of carbonyl (C=O) groups excluding carboxylic acids is 1. The van der Waals surface area contributed by atoms with Gasteiger partial charge in [-0.05, 0) is 25.1 Å². The van der Waals surface area contributed by atoms with Gasteiger partial charge in [0.25, 0.3) is 5.91 Å². The van der Waals surface area contributed by atoms with Crippen molar-refractivity contribution in [3.05, 3.63) is 23.8 Å². The first-order chi connectivity index (χ1) is 9.39. The Morgan fingerprint density at radius 2 is 2.00 bits per heavy atom. The van der Waals surface area contributed by atoms with Crippen LogP contribution in [0.2, 0.25) is 0 Å². The lowest BCUT2D eigenvalue weighted by atomic mass is 10.1. The van der Waals surface area contributed by atoms with E-state index in [2.05, 4.69) is 10.6 Å². The summed E-state index contributed by atoms with van der Waals surface area (Å²) < 4.78 is 22.9. The smallest absolute Gasteiger partial charge is 0.253 e. The molecule has 0 radical (unpaired) electrons. The highest BCUT2D eigenvalue weighted by atomic mass is 32.2. The first kappa shape index (κ1) is 16.3. The summed E-state index contributed by atoms with van der Waals surface area (Å²) in [7, 11) is -3.04. The number of amides is 1. The van der Waals surface area contributed by atoms with Gasteiger partial charge in [-0.3, -0.25) is 4.79 Å². The Bertz CT molecular complexity index is 570. The predicted molar refractivity (Wildman–Crippen MR) is 81.7 cm³/mol. The van der Waals surface area contributed by atoms with Gasteiger partial charge < -0.3 is 16.4 Å². The molecular weight excluding hydrogens is 278 g/mol. The molecule has 0 aliphatic rings. The highest BCUT2D eigenvalue weighted by molar-refractivity contribution is 7.91. The van der Waals surface area contributed by atoms with Crippen LogP contribution in [0.15, 0.2) is 18.2 Å². The fourth-order valence-corrected chi connectivity index (χ4v) is 2.35. The molecule has 0 aliphatic carbocycles. The molecule has 6 nitrogen and oxygen atoms in total. The number of nitrogens with two attached hydrogens (primary N) is 1. The third-order valence-electron chi connectivity index (χ3n) is 2.79. The number of anilines is 2. The summed E-state index contributed by atoms with van der Waals surface area (Å²) in [5.41, 5.74) is 7.21. The van der Waals surface area contributed by atoms with E-state index in [1.807, 2.05) is 6.92 Å². The third-order valence-corrected chi connectivity index (χ3v) is 4.50. The summed E-state index contributed by atoms with van der Waals surface area (Å²) in [5.74, 6) is -0.0876. The van der Waals surface area contributed by atoms with Gasteiger partial charge in [-0.2, -0.15) is 0 Å². The number of sulfone groups is 1. The summed E-state index contributed by atoms with van der Waals surface area (Å²) >= 11 is 0. The van der Waals surface area contributed by atoms with Crippen LogP contribution in [0.25, 0.3) is 0 Å². The van der Waals surface area contributed by atoms with Gasteiger partial charge in [-0.15, -0.1) is 0 Å². The molecule has 1 amide bonds. The lowest BCUT2D eigenvalue weighted by molar-refractivity contribution is 0.0956. The van der Waals surface area contributed by atoms with Crippen LogP contribution < -0.4 is 16.4 Å². The second-order valence-corrected chi connectivity index (χ2v) is 6.80. The average molecular weight is 299 g/mol. The van der Waals surface area contributed by atoms with Crippen LogP contribution in [0.5, 0.6) is 0 Å². The second-order valence-electron chi connectivity index (χ2n) is 4.33. The highest BCUT2D eigenvalue weighted by Crippen LogP contribution is 2.19. The number of nitrogen functional groups attached to an aromatic ring is 1. The second kappa shape index (κ2) is 7.14. The number of hydrogen-bond donors (Lipinski definition) is 3. The van der Waals surface area contributed by atoms with Gasteiger partial charge in [0.2, 0.25) is 0 Å². The molecule has 0 unspecified atom stereocenters. The van der Waals surface area contributed by atoms with Crippen LogP contribution in [-0.2, 0) is 9.84 Å². The Kier molecular flexibility index (Phi) is 5.82. The van der Waals surface area contributed by atoms with Crippen LogP contribution in [0.1, 0.15) is 24.2 Å². The summed E-state index contributed by atoms with van der Waals surface area (Å²) in [4.78, 5) is 11.9. The van der Waals surface area contributed by atoms with Crippen molar-refractivity contribution in [2.24, 2.45) is 0 Å². The van der Waals surface area contributed by atoms with Crippen molar-refractivity contribution in [2.45, 2.75) is 13.8 Å². The molecule has 0 saturated carbocycles. The van der Waals surface area contributed by atoms with Crippen molar-refractivity contribution in [3.63, 3.8) is 0 Å². The molecular formula is C13H21N3O3S. The molecule has 0 saturated heterocycles. The van der Waals surface area contributed by atoms with E-state index >= 15 is 0 Å². The highest BCUT2D eigenvalue weighted by Gasteiger charge is 2.12. The maximum absolute atomic E-state index is 11.9. The largest absolute Gasteiger partial charge is 0.399 e. The van der Waals surface area contributed by atoms with Gasteiger partial charge in [-0.25, -0.2) is 8.42 Å². The molecule has 0 fully saturated rings. The fraction of sp³-hybridized carbons (Fsp3) is 0.462. The van der Waals surface area contributed by atoms with Crippen LogP contribution >= 0.6 is 0 Å². The normalized spacial score (nSPS) is 11.1. The average Bonchev–Trinajstić information content (AvgIpc) is 2.39. The summed E-state index contributed by atoms with van der Waals surface area (Å²) in [6, 6.07) is 4.89. The van der Waals surface area contributed by atoms with E-state index < -0.39 is 9.84 Å². The maximum atomic E-state index is 11.9. The Hall–Kier alpha value is -1.76. The van der Waals surface area contributed by atoms with Crippen molar-refractivity contribution in [3.8, 4) is 0 Å². The van der Waals surface area contributed by atoms with Gasteiger partial charge >= 0.3 is 0 Å². The zero-order chi connectivity index (χ0) is 15.2. The number of rotatable bonds is 7. The SMILES string of the molecule is CCNC(=O)c1ccc(N)cc1NCCS(=O)(=O)CC. The Morgan fingerprint density at radius 3 is 2.60 bits per heavy atom. The van der Waals surface area contributed by atoms with Crippen molar-refractivity contribution in [2.75, 3.05) is 35.6 Å². The minimum Gasteiger partial charge on any atom is -0.399 e. The summed E-state index contributed by atoms with van der Waals surface area (Å²) in [5, 5.41) is 5.67. The van der Waals surface area contributed by atoms with Gasteiger partial charge in [0.05, 0.1) is 11.3 Å². The Morgan fingerprint density at radius 1 is 1.30 bits per heavy atom. The first-order valence-corrected chi connectivity index (χ1v) is 8.33. The van der Waals surface area contributed by atoms with Crippen LogP contribution in [0.4, 0.5) is 11.4 Å². The molecule has 7 heteroatoms. The van der Waals surface area contributed by atoms with E-state index in [1.54, 1.807) is 25.1 Å². The van der Waals surface area contributed by atoms with E-state index in [9.17, 15) is 13.2 Å². The number of hydrogen-bond acceptors (Lipinski definition) is 5. The fourth-order valence-electron chi connectivity index (χ4n) is 1.65. The van der Waals surface area contributed by atoms with Gasteiger partial charge in [0.15, 0.2) is 9.84 Å². The van der Waals surface area contributed by atoms with Crippen molar-refractivity contribution >= 4 is 27.1 Å². The third kappa shape index (κ3) is 4.73. The van der Waals surface area contributed by atoms with Gasteiger partial charge in [0.1, 0.15) is 0 Å². The van der Waals surface area contributed by atoms with E-state index in [1.165, 1.54) is 0 Å². The standard InChI is InChI=1S/C13H21N3O3S/c1-3-15-13(17)11-6-5-10(14)9-12(11)16-7-8-20(18,19)4-2/h5-6,9,16H,3-4,7-8,14H2,1-2H3,(H,15,17). The quantitative estimate of drug-likeness (QED) is 0.648. The molecule has 1 aromatic rings. The molecule has 0 atom stereocenters. The van der Waals surface area contributed by atoms with E-state index in [-0.39, 0.29) is 24.0 Å². The number of nitrogens with one attached hydrogen (secondary N) is 2. The van der Waals surface area contributed by atoms with Crippen molar-refractivity contribution in [1.82, 2.24) is 5.32 Å². The van der Waals surface area contributed by atoms with Crippen molar-refractivity contribution < 1.29 is 13.2 Å². The maximum Gasteiger partial charge on any atom is 0.253 e. The molecule has 4 N–H and O–H groups in total. The molecule has 20 heavy (non-hydrogen) atoms. The summed E-state index contributed by atoms with van der Waals surface area (Å²) in [6.45, 7) is 4.20. The zero-order valence-electron chi connectivity index (χ0n) is 11.8. The molecule has 1 aromatic carbocycles. The van der Waals surface area contributed by atoms with Crippen LogP contribution in [0.3, 0.4) is 0 Å². The van der Waals surface area contributed by atoms with E-state index in [0.29, 0.717) is 23.5 Å². The lowest BCUT2D eigenvalue weighted by Gasteiger charge is -2.12. The minimum absolute atomic E-state index is 0.0210. The first-order valence-electron chi connectivity index (χ1n) is 6.51. The van der Waals surface area contributed by atoms with Crippen molar-refractivity contribution in [1.29, 1.82) is 0 Å². The molecule has 0 aliphatic heterocycles. The topological polar surface area (TPSA) is 101 Å². The molecule has 0 bridgehead atoms. The number of benzene rings is 1. The molecule has 112 valence electrons. The molecule has 0 spiro atoms. The monoisotopic (exact) mass is 299 g/mol. The molecule has 1 rings (SSSR count). The predicted octanol–water partition coefficient (Wildman–Crippen LogP) is 0.865. The minimum atomic E-state index is -3.04. The Balaban J connectivity index is 2.82. The van der Waals surface area contributed by atoms with Crippen LogP contribution in [-0.4, -0.2) is 38.9 Å². The van der Waals surface area contributed by atoms with E-state index in [0.717, 1.165) is 0 Å². The number of carbonyl (C=O) groups is 1. The zero-order valence-corrected chi connectivity index (χ0v) is 12.6. The van der Waals surface area contributed by atoms with E-state index in [4.69, 9.17) is 5.73 Å². The summed E-state index contributed by atoms with van der Waals surface area (Å²) in [6.07, 6.45) is 0. The van der Waals surface area contributed by atoms with Gasteiger partial charge in [-0.1, -0.05) is 6.92 Å². The van der Waals surface area contributed by atoms with Crippen LogP contribution in [0, 0.1) is 0 Å².